The number of nitrogens with one attached hydrogen (secondary N) is 1. The number of rotatable bonds is 7. The lowest BCUT2D eigenvalue weighted by Crippen LogP contribution is -2.20. The standard InChI is InChI=1S/C18H12N4O7/c19-10-13-9-15(22(27)28)6-7-16(13)20-17(23)11-29-18(24)8-3-12-1-4-14(5-2-12)21(25)26/h1-9H,11H2,(H,20,23)/b8-3+. The van der Waals surface area contributed by atoms with Crippen LogP contribution in [0.1, 0.15) is 11.1 Å². The van der Waals surface area contributed by atoms with Crippen LogP contribution in [-0.4, -0.2) is 28.3 Å². The first-order valence-corrected chi connectivity index (χ1v) is 7.88. The van der Waals surface area contributed by atoms with E-state index in [4.69, 9.17) is 10.00 Å². The number of anilines is 1. The van der Waals surface area contributed by atoms with E-state index in [1.807, 2.05) is 0 Å². The van der Waals surface area contributed by atoms with Crippen molar-refractivity contribution in [2.45, 2.75) is 0 Å². The molecule has 0 unspecified atom stereocenters. The summed E-state index contributed by atoms with van der Waals surface area (Å²) in [5, 5.41) is 32.6. The molecule has 0 aromatic heterocycles. The third-order valence-corrected chi connectivity index (χ3v) is 3.47. The number of non-ortho nitro benzene ring substituents is 2. The number of ether oxygens (including phenoxy) is 1. The Morgan fingerprint density at radius 2 is 1.69 bits per heavy atom. The van der Waals surface area contributed by atoms with Crippen molar-refractivity contribution in [3.63, 3.8) is 0 Å². The summed E-state index contributed by atoms with van der Waals surface area (Å²) in [5.41, 5.74) is 0.0470. The molecule has 0 atom stereocenters. The summed E-state index contributed by atoms with van der Waals surface area (Å²) >= 11 is 0. The minimum atomic E-state index is -0.831. The van der Waals surface area contributed by atoms with Gasteiger partial charge >= 0.3 is 5.97 Å². The monoisotopic (exact) mass is 396 g/mol. The number of nitro groups is 2. The molecule has 29 heavy (non-hydrogen) atoms. The van der Waals surface area contributed by atoms with Crippen molar-refractivity contribution in [1.29, 1.82) is 5.26 Å². The first-order chi connectivity index (χ1) is 13.8. The number of carbonyl (C=O) groups is 2. The predicted molar refractivity (Wildman–Crippen MR) is 99.5 cm³/mol. The minimum absolute atomic E-state index is 0.0422. The zero-order valence-electron chi connectivity index (χ0n) is 14.6. The molecule has 2 rings (SSSR count). The first kappa shape index (κ1) is 20.7. The smallest absolute Gasteiger partial charge is 0.331 e. The molecule has 0 saturated heterocycles. The Morgan fingerprint density at radius 3 is 2.28 bits per heavy atom. The van der Waals surface area contributed by atoms with Gasteiger partial charge in [0.25, 0.3) is 17.3 Å². The summed E-state index contributed by atoms with van der Waals surface area (Å²) in [5.74, 6) is -1.57. The largest absolute Gasteiger partial charge is 0.452 e. The second-order valence-corrected chi connectivity index (χ2v) is 5.44. The molecule has 1 amide bonds. The summed E-state index contributed by atoms with van der Waals surface area (Å²) in [6.07, 6.45) is 2.40. The number of carbonyl (C=O) groups excluding carboxylic acids is 2. The van der Waals surface area contributed by atoms with Crippen LogP contribution in [0.25, 0.3) is 6.08 Å². The van der Waals surface area contributed by atoms with Crippen LogP contribution < -0.4 is 5.32 Å². The zero-order chi connectivity index (χ0) is 21.4. The van der Waals surface area contributed by atoms with Crippen LogP contribution in [0.4, 0.5) is 17.1 Å². The molecular weight excluding hydrogens is 384 g/mol. The van der Waals surface area contributed by atoms with E-state index >= 15 is 0 Å². The lowest BCUT2D eigenvalue weighted by Gasteiger charge is -2.07. The fourth-order valence-electron chi connectivity index (χ4n) is 2.09. The summed E-state index contributed by atoms with van der Waals surface area (Å²) in [7, 11) is 0. The highest BCUT2D eigenvalue weighted by Crippen LogP contribution is 2.21. The van der Waals surface area contributed by atoms with Crippen molar-refractivity contribution in [1.82, 2.24) is 0 Å². The normalized spacial score (nSPS) is 10.2. The topological polar surface area (TPSA) is 165 Å². The van der Waals surface area contributed by atoms with Crippen molar-refractivity contribution < 1.29 is 24.2 Å². The van der Waals surface area contributed by atoms with Crippen molar-refractivity contribution in [2.75, 3.05) is 11.9 Å². The maximum atomic E-state index is 11.9. The van der Waals surface area contributed by atoms with Crippen LogP contribution >= 0.6 is 0 Å². The van der Waals surface area contributed by atoms with Crippen LogP contribution in [0.5, 0.6) is 0 Å². The van der Waals surface area contributed by atoms with Gasteiger partial charge in [0, 0.05) is 30.3 Å². The van der Waals surface area contributed by atoms with Gasteiger partial charge < -0.3 is 10.1 Å². The molecule has 0 aliphatic rings. The molecule has 2 aromatic carbocycles. The van der Waals surface area contributed by atoms with Crippen molar-refractivity contribution >= 4 is 35.0 Å². The van der Waals surface area contributed by atoms with E-state index in [1.165, 1.54) is 36.4 Å². The van der Waals surface area contributed by atoms with Crippen LogP contribution in [0, 0.1) is 31.6 Å². The van der Waals surface area contributed by atoms with E-state index in [9.17, 15) is 29.8 Å². The van der Waals surface area contributed by atoms with Gasteiger partial charge in [0.15, 0.2) is 6.61 Å². The van der Waals surface area contributed by atoms with Gasteiger partial charge in [-0.05, 0) is 29.8 Å². The minimum Gasteiger partial charge on any atom is -0.452 e. The summed E-state index contributed by atoms with van der Waals surface area (Å²) in [6, 6.07) is 10.5. The Labute approximate surface area is 163 Å². The molecule has 11 heteroatoms. The van der Waals surface area contributed by atoms with Gasteiger partial charge in [0.1, 0.15) is 6.07 Å². The third kappa shape index (κ3) is 5.97. The van der Waals surface area contributed by atoms with Gasteiger partial charge in [0.05, 0.1) is 21.1 Å². The third-order valence-electron chi connectivity index (χ3n) is 3.47. The number of nitriles is 1. The fourth-order valence-corrected chi connectivity index (χ4v) is 2.09. The molecule has 0 aliphatic heterocycles. The lowest BCUT2D eigenvalue weighted by molar-refractivity contribution is -0.385. The van der Waals surface area contributed by atoms with Gasteiger partial charge in [-0.1, -0.05) is 0 Å². The predicted octanol–water partition coefficient (Wildman–Crippen LogP) is 2.57. The van der Waals surface area contributed by atoms with Gasteiger partial charge in [-0.25, -0.2) is 4.79 Å². The highest BCUT2D eigenvalue weighted by atomic mass is 16.6. The quantitative estimate of drug-likeness (QED) is 0.322. The number of esters is 1. The second-order valence-electron chi connectivity index (χ2n) is 5.44. The highest BCUT2D eigenvalue weighted by Gasteiger charge is 2.13. The second kappa shape index (κ2) is 9.38. The number of benzene rings is 2. The van der Waals surface area contributed by atoms with Gasteiger partial charge in [0.2, 0.25) is 0 Å². The van der Waals surface area contributed by atoms with E-state index < -0.39 is 28.3 Å². The average molecular weight is 396 g/mol. The molecule has 0 heterocycles. The molecule has 0 saturated carbocycles. The van der Waals surface area contributed by atoms with Crippen molar-refractivity contribution in [3.8, 4) is 6.07 Å². The van der Waals surface area contributed by atoms with E-state index in [2.05, 4.69) is 5.32 Å². The Bertz CT molecular complexity index is 1040. The molecule has 0 fully saturated rings. The number of nitro benzene ring substituents is 2. The van der Waals surface area contributed by atoms with Crippen LogP contribution in [0.15, 0.2) is 48.5 Å². The van der Waals surface area contributed by atoms with Crippen LogP contribution in [0.3, 0.4) is 0 Å². The summed E-state index contributed by atoms with van der Waals surface area (Å²) in [6.45, 7) is -0.648. The van der Waals surface area contributed by atoms with Gasteiger partial charge in [-0.2, -0.15) is 5.26 Å². The number of amides is 1. The number of hydrogen-bond donors (Lipinski definition) is 1. The van der Waals surface area contributed by atoms with E-state index in [1.54, 1.807) is 6.07 Å². The zero-order valence-corrected chi connectivity index (χ0v) is 14.6. The number of hydrogen-bond acceptors (Lipinski definition) is 8. The van der Waals surface area contributed by atoms with E-state index in [-0.39, 0.29) is 22.6 Å². The van der Waals surface area contributed by atoms with Crippen molar-refractivity contribution in [2.24, 2.45) is 0 Å². The van der Waals surface area contributed by atoms with Crippen molar-refractivity contribution in [3.05, 3.63) is 79.9 Å². The van der Waals surface area contributed by atoms with Crippen LogP contribution in [-0.2, 0) is 14.3 Å². The molecule has 0 bridgehead atoms. The van der Waals surface area contributed by atoms with Gasteiger partial charge in [-0.3, -0.25) is 25.0 Å². The maximum Gasteiger partial charge on any atom is 0.331 e. The van der Waals surface area contributed by atoms with E-state index in [0.717, 1.165) is 18.2 Å². The lowest BCUT2D eigenvalue weighted by atomic mass is 10.1. The molecule has 11 nitrogen and oxygen atoms in total. The number of nitrogens with zero attached hydrogens (tertiary/aromatic N) is 3. The Kier molecular flexibility index (Phi) is 6.70. The molecule has 1 N–H and O–H groups in total. The first-order valence-electron chi connectivity index (χ1n) is 7.88. The maximum absolute atomic E-state index is 11.9. The Hall–Kier alpha value is -4.59. The molecule has 0 radical (unpaired) electrons. The average Bonchev–Trinajstić information content (AvgIpc) is 2.71. The highest BCUT2D eigenvalue weighted by molar-refractivity contribution is 5.95. The van der Waals surface area contributed by atoms with E-state index in [0.29, 0.717) is 5.56 Å². The summed E-state index contributed by atoms with van der Waals surface area (Å²) < 4.78 is 4.76. The molecule has 0 aliphatic carbocycles. The van der Waals surface area contributed by atoms with Crippen LogP contribution in [0.2, 0.25) is 0 Å². The summed E-state index contributed by atoms with van der Waals surface area (Å²) in [4.78, 5) is 43.6. The Morgan fingerprint density at radius 1 is 1.07 bits per heavy atom. The molecular formula is C18H12N4O7. The Balaban J connectivity index is 1.90. The molecule has 0 spiro atoms. The fraction of sp³-hybridized carbons (Fsp3) is 0.0556. The molecule has 146 valence electrons. The van der Waals surface area contributed by atoms with Gasteiger partial charge in [-0.15, -0.1) is 0 Å². The SMILES string of the molecule is N#Cc1cc([N+](=O)[O-])ccc1NC(=O)COC(=O)/C=C/c1ccc([N+](=O)[O-])cc1. The molecule has 2 aromatic rings.